The standard InChI is InChI=1S/C10H11N3O2/c1-15-9-3-2-8(6-12-9)7-13-5-4-11-10(13)14/h2-6H,7H2,1H3,(H,11,14). The zero-order valence-corrected chi connectivity index (χ0v) is 8.30. The van der Waals surface area contributed by atoms with Crippen molar-refractivity contribution in [2.45, 2.75) is 6.54 Å². The largest absolute Gasteiger partial charge is 0.481 e. The van der Waals surface area contributed by atoms with Crippen LogP contribution in [0.4, 0.5) is 0 Å². The van der Waals surface area contributed by atoms with Crippen LogP contribution >= 0.6 is 0 Å². The highest BCUT2D eigenvalue weighted by molar-refractivity contribution is 5.17. The Balaban J connectivity index is 2.18. The number of nitrogens with zero attached hydrogens (tertiary/aromatic N) is 2. The van der Waals surface area contributed by atoms with Gasteiger partial charge in [-0.1, -0.05) is 6.07 Å². The molecule has 78 valence electrons. The first-order chi connectivity index (χ1) is 7.29. The van der Waals surface area contributed by atoms with Crippen molar-refractivity contribution in [1.82, 2.24) is 14.5 Å². The number of methoxy groups -OCH3 is 1. The highest BCUT2D eigenvalue weighted by Gasteiger charge is 1.99. The van der Waals surface area contributed by atoms with Gasteiger partial charge < -0.3 is 9.72 Å². The topological polar surface area (TPSA) is 59.9 Å². The summed E-state index contributed by atoms with van der Waals surface area (Å²) in [5.41, 5.74) is 0.836. The summed E-state index contributed by atoms with van der Waals surface area (Å²) in [5, 5.41) is 0. The molecule has 0 aliphatic rings. The van der Waals surface area contributed by atoms with Crippen molar-refractivity contribution in [2.75, 3.05) is 7.11 Å². The molecule has 0 saturated heterocycles. The molecule has 2 rings (SSSR count). The van der Waals surface area contributed by atoms with Gasteiger partial charge in [0.05, 0.1) is 13.7 Å². The van der Waals surface area contributed by atoms with Crippen LogP contribution in [-0.2, 0) is 6.54 Å². The Hall–Kier alpha value is -2.04. The molecule has 0 unspecified atom stereocenters. The van der Waals surface area contributed by atoms with Crippen LogP contribution in [0.3, 0.4) is 0 Å². The van der Waals surface area contributed by atoms with Gasteiger partial charge in [-0.2, -0.15) is 0 Å². The smallest absolute Gasteiger partial charge is 0.325 e. The molecule has 0 saturated carbocycles. The quantitative estimate of drug-likeness (QED) is 0.799. The molecule has 15 heavy (non-hydrogen) atoms. The van der Waals surface area contributed by atoms with Gasteiger partial charge in [-0.25, -0.2) is 9.78 Å². The van der Waals surface area contributed by atoms with E-state index in [4.69, 9.17) is 4.74 Å². The number of imidazole rings is 1. The van der Waals surface area contributed by atoms with Gasteiger partial charge in [-0.3, -0.25) is 4.57 Å². The van der Waals surface area contributed by atoms with Gasteiger partial charge in [0, 0.05) is 24.7 Å². The molecule has 0 spiro atoms. The maximum absolute atomic E-state index is 11.2. The Kier molecular flexibility index (Phi) is 2.53. The average molecular weight is 205 g/mol. The molecule has 0 aliphatic heterocycles. The lowest BCUT2D eigenvalue weighted by Crippen LogP contribution is -2.16. The van der Waals surface area contributed by atoms with Gasteiger partial charge in [0.1, 0.15) is 0 Å². The van der Waals surface area contributed by atoms with Crippen LogP contribution in [-0.4, -0.2) is 21.6 Å². The van der Waals surface area contributed by atoms with E-state index in [1.54, 1.807) is 36.3 Å². The monoisotopic (exact) mass is 205 g/mol. The number of hydrogen-bond acceptors (Lipinski definition) is 3. The van der Waals surface area contributed by atoms with E-state index in [0.29, 0.717) is 12.4 Å². The molecule has 2 aromatic rings. The van der Waals surface area contributed by atoms with Crippen molar-refractivity contribution >= 4 is 0 Å². The number of hydrogen-bond donors (Lipinski definition) is 1. The van der Waals surface area contributed by atoms with E-state index in [1.807, 2.05) is 6.07 Å². The molecule has 0 aliphatic carbocycles. The van der Waals surface area contributed by atoms with E-state index < -0.39 is 0 Å². The van der Waals surface area contributed by atoms with Crippen molar-refractivity contribution in [2.24, 2.45) is 0 Å². The van der Waals surface area contributed by atoms with Crippen molar-refractivity contribution in [3.8, 4) is 5.88 Å². The summed E-state index contributed by atoms with van der Waals surface area (Å²) in [6.07, 6.45) is 5.00. The summed E-state index contributed by atoms with van der Waals surface area (Å²) < 4.78 is 6.52. The molecule has 0 aromatic carbocycles. The highest BCUT2D eigenvalue weighted by Crippen LogP contribution is 2.07. The predicted molar refractivity (Wildman–Crippen MR) is 54.9 cm³/mol. The van der Waals surface area contributed by atoms with Crippen LogP contribution in [0, 0.1) is 0 Å². The lowest BCUT2D eigenvalue weighted by Gasteiger charge is -2.02. The molecule has 5 heteroatoms. The third-order valence-corrected chi connectivity index (χ3v) is 2.08. The van der Waals surface area contributed by atoms with Gasteiger partial charge in [0.2, 0.25) is 5.88 Å². The number of nitrogens with one attached hydrogen (secondary N) is 1. The maximum Gasteiger partial charge on any atom is 0.325 e. The first-order valence-corrected chi connectivity index (χ1v) is 4.52. The second-order valence-electron chi connectivity index (χ2n) is 3.10. The molecule has 0 radical (unpaired) electrons. The summed E-state index contributed by atoms with van der Waals surface area (Å²) in [6.45, 7) is 0.513. The summed E-state index contributed by atoms with van der Waals surface area (Å²) in [4.78, 5) is 17.8. The van der Waals surface area contributed by atoms with E-state index in [2.05, 4.69) is 9.97 Å². The van der Waals surface area contributed by atoms with Crippen LogP contribution in [0.25, 0.3) is 0 Å². The molecule has 1 N–H and O–H groups in total. The van der Waals surface area contributed by atoms with E-state index in [0.717, 1.165) is 5.56 Å². The summed E-state index contributed by atoms with van der Waals surface area (Å²) in [5.74, 6) is 0.570. The molecule has 0 amide bonds. The molecular formula is C10H11N3O2. The van der Waals surface area contributed by atoms with Gasteiger partial charge in [0.15, 0.2) is 0 Å². The number of pyridine rings is 1. The number of aromatic amines is 1. The fourth-order valence-corrected chi connectivity index (χ4v) is 1.30. The third-order valence-electron chi connectivity index (χ3n) is 2.08. The second kappa shape index (κ2) is 4.00. The summed E-state index contributed by atoms with van der Waals surface area (Å²) in [6, 6.07) is 3.65. The normalized spacial score (nSPS) is 10.2. The predicted octanol–water partition coefficient (Wildman–Crippen LogP) is 0.628. The Morgan fingerprint density at radius 3 is 2.93 bits per heavy atom. The second-order valence-corrected chi connectivity index (χ2v) is 3.10. The zero-order valence-electron chi connectivity index (χ0n) is 8.30. The molecular weight excluding hydrogens is 194 g/mol. The van der Waals surface area contributed by atoms with Crippen LogP contribution in [0.5, 0.6) is 5.88 Å². The van der Waals surface area contributed by atoms with Crippen molar-refractivity contribution in [1.29, 1.82) is 0 Å². The minimum absolute atomic E-state index is 0.120. The first-order valence-electron chi connectivity index (χ1n) is 4.52. The molecule has 2 aromatic heterocycles. The molecule has 5 nitrogen and oxygen atoms in total. The fraction of sp³-hybridized carbons (Fsp3) is 0.200. The van der Waals surface area contributed by atoms with Gasteiger partial charge in [-0.15, -0.1) is 0 Å². The maximum atomic E-state index is 11.2. The van der Waals surface area contributed by atoms with Crippen LogP contribution in [0.1, 0.15) is 5.56 Å². The first kappa shape index (κ1) is 9.51. The van der Waals surface area contributed by atoms with Gasteiger partial charge in [0.25, 0.3) is 0 Å². The average Bonchev–Trinajstić information content (AvgIpc) is 2.66. The lowest BCUT2D eigenvalue weighted by molar-refractivity contribution is 0.397. The van der Waals surface area contributed by atoms with Crippen LogP contribution in [0.2, 0.25) is 0 Å². The summed E-state index contributed by atoms with van der Waals surface area (Å²) >= 11 is 0. The Morgan fingerprint density at radius 1 is 1.53 bits per heavy atom. The van der Waals surface area contributed by atoms with E-state index in [-0.39, 0.29) is 5.69 Å². The number of rotatable bonds is 3. The number of ether oxygens (including phenoxy) is 1. The Bertz CT molecular complexity index is 484. The van der Waals surface area contributed by atoms with E-state index >= 15 is 0 Å². The van der Waals surface area contributed by atoms with E-state index in [9.17, 15) is 4.79 Å². The van der Waals surface area contributed by atoms with Crippen LogP contribution in [0.15, 0.2) is 35.5 Å². The fourth-order valence-electron chi connectivity index (χ4n) is 1.30. The number of H-pyrrole nitrogens is 1. The van der Waals surface area contributed by atoms with Gasteiger partial charge >= 0.3 is 5.69 Å². The molecule has 0 atom stereocenters. The third kappa shape index (κ3) is 2.07. The minimum atomic E-state index is -0.120. The molecule has 2 heterocycles. The summed E-state index contributed by atoms with van der Waals surface area (Å²) in [7, 11) is 1.57. The van der Waals surface area contributed by atoms with Gasteiger partial charge in [-0.05, 0) is 5.56 Å². The van der Waals surface area contributed by atoms with E-state index in [1.165, 1.54) is 0 Å². The van der Waals surface area contributed by atoms with Crippen molar-refractivity contribution in [3.05, 3.63) is 46.8 Å². The number of aromatic nitrogens is 3. The molecule has 0 fully saturated rings. The molecule has 0 bridgehead atoms. The minimum Gasteiger partial charge on any atom is -0.481 e. The Morgan fingerprint density at radius 2 is 2.40 bits per heavy atom. The zero-order chi connectivity index (χ0) is 10.7. The van der Waals surface area contributed by atoms with Crippen LogP contribution < -0.4 is 10.4 Å². The highest BCUT2D eigenvalue weighted by atomic mass is 16.5. The lowest BCUT2D eigenvalue weighted by atomic mass is 10.3. The SMILES string of the molecule is COc1ccc(Cn2cc[nH]c2=O)cn1. The van der Waals surface area contributed by atoms with Crippen molar-refractivity contribution < 1.29 is 4.74 Å². The van der Waals surface area contributed by atoms with Crippen molar-refractivity contribution in [3.63, 3.8) is 0 Å². The Labute approximate surface area is 86.4 Å².